The van der Waals surface area contributed by atoms with Gasteiger partial charge in [-0.2, -0.15) is 0 Å². The summed E-state index contributed by atoms with van der Waals surface area (Å²) in [4.78, 5) is 25.1. The Balaban J connectivity index is 1.73. The standard InChI is InChI=1S/C15H20N2O4S2/c16-14(19)13-10-3-1-2-4-11(10)22-15(13)17-12(18)7-9-5-6-23(20,21)8-9/h9H,1-8H2,(H2,16,19)(H,17,18)/t9-/m1/s1. The molecule has 2 heterocycles. The van der Waals surface area contributed by atoms with E-state index in [0.29, 0.717) is 17.0 Å². The van der Waals surface area contributed by atoms with Crippen molar-refractivity contribution in [1.29, 1.82) is 0 Å². The van der Waals surface area contributed by atoms with Crippen LogP contribution in [0.1, 0.15) is 46.5 Å². The molecule has 3 rings (SSSR count). The number of nitrogens with one attached hydrogen (secondary N) is 1. The van der Waals surface area contributed by atoms with Gasteiger partial charge in [-0.05, 0) is 43.6 Å². The van der Waals surface area contributed by atoms with Crippen LogP contribution < -0.4 is 11.1 Å². The quantitative estimate of drug-likeness (QED) is 0.852. The second-order valence-corrected chi connectivity index (χ2v) is 9.63. The molecule has 0 spiro atoms. The minimum atomic E-state index is -2.99. The van der Waals surface area contributed by atoms with Crippen LogP contribution in [0.25, 0.3) is 0 Å². The molecule has 6 nitrogen and oxygen atoms in total. The molecule has 1 aliphatic heterocycles. The van der Waals surface area contributed by atoms with E-state index < -0.39 is 15.7 Å². The largest absolute Gasteiger partial charge is 0.365 e. The molecule has 3 N–H and O–H groups in total. The number of amides is 2. The lowest BCUT2D eigenvalue weighted by atomic mass is 9.95. The summed E-state index contributed by atoms with van der Waals surface area (Å²) in [6.07, 6.45) is 4.54. The normalized spacial score (nSPS) is 22.5. The van der Waals surface area contributed by atoms with E-state index in [1.165, 1.54) is 11.3 Å². The summed E-state index contributed by atoms with van der Waals surface area (Å²) in [6, 6.07) is 0. The fraction of sp³-hybridized carbons (Fsp3) is 0.600. The van der Waals surface area contributed by atoms with Gasteiger partial charge >= 0.3 is 0 Å². The van der Waals surface area contributed by atoms with E-state index >= 15 is 0 Å². The Kier molecular flexibility index (Phi) is 4.46. The van der Waals surface area contributed by atoms with Crippen molar-refractivity contribution in [3.05, 3.63) is 16.0 Å². The monoisotopic (exact) mass is 356 g/mol. The zero-order valence-electron chi connectivity index (χ0n) is 12.8. The molecule has 1 aromatic heterocycles. The Morgan fingerprint density at radius 2 is 2.00 bits per heavy atom. The summed E-state index contributed by atoms with van der Waals surface area (Å²) >= 11 is 1.43. The van der Waals surface area contributed by atoms with Gasteiger partial charge in [0.2, 0.25) is 5.91 Å². The maximum absolute atomic E-state index is 12.2. The molecule has 0 unspecified atom stereocenters. The van der Waals surface area contributed by atoms with Gasteiger partial charge < -0.3 is 11.1 Å². The van der Waals surface area contributed by atoms with Crippen molar-refractivity contribution in [2.24, 2.45) is 11.7 Å². The zero-order chi connectivity index (χ0) is 16.6. The lowest BCUT2D eigenvalue weighted by Gasteiger charge is -2.11. The van der Waals surface area contributed by atoms with Crippen LogP contribution in [-0.4, -0.2) is 31.7 Å². The van der Waals surface area contributed by atoms with E-state index in [0.717, 1.165) is 36.1 Å². The molecule has 1 aliphatic carbocycles. The first-order valence-corrected chi connectivity index (χ1v) is 10.4. The third-order valence-corrected chi connectivity index (χ3v) is 7.52. The Labute approximate surface area is 139 Å². The summed E-state index contributed by atoms with van der Waals surface area (Å²) in [6.45, 7) is 0. The smallest absolute Gasteiger partial charge is 0.251 e. The van der Waals surface area contributed by atoms with Crippen LogP contribution in [0.15, 0.2) is 0 Å². The van der Waals surface area contributed by atoms with E-state index in [9.17, 15) is 18.0 Å². The fourth-order valence-electron chi connectivity index (χ4n) is 3.39. The molecular formula is C15H20N2O4S2. The van der Waals surface area contributed by atoms with Gasteiger partial charge in [0.25, 0.3) is 5.91 Å². The average Bonchev–Trinajstić information content (AvgIpc) is 2.98. The van der Waals surface area contributed by atoms with Crippen LogP contribution in [0, 0.1) is 5.92 Å². The minimum absolute atomic E-state index is 0.0734. The molecule has 1 aromatic rings. The first-order chi connectivity index (χ1) is 10.9. The third kappa shape index (κ3) is 3.58. The van der Waals surface area contributed by atoms with Gasteiger partial charge in [0.1, 0.15) is 5.00 Å². The van der Waals surface area contributed by atoms with Crippen LogP contribution in [0.4, 0.5) is 5.00 Å². The molecular weight excluding hydrogens is 336 g/mol. The highest BCUT2D eigenvalue weighted by atomic mass is 32.2. The van der Waals surface area contributed by atoms with Crippen molar-refractivity contribution >= 4 is 38.0 Å². The molecule has 23 heavy (non-hydrogen) atoms. The van der Waals surface area contributed by atoms with Gasteiger partial charge in [-0.3, -0.25) is 9.59 Å². The van der Waals surface area contributed by atoms with Crippen molar-refractivity contribution in [3.63, 3.8) is 0 Å². The van der Waals surface area contributed by atoms with Gasteiger partial charge in [-0.1, -0.05) is 0 Å². The zero-order valence-corrected chi connectivity index (χ0v) is 14.4. The predicted molar refractivity (Wildman–Crippen MR) is 89.5 cm³/mol. The van der Waals surface area contributed by atoms with E-state index in [1.54, 1.807) is 0 Å². The molecule has 8 heteroatoms. The van der Waals surface area contributed by atoms with Gasteiger partial charge in [0, 0.05) is 11.3 Å². The second kappa shape index (κ2) is 6.24. The van der Waals surface area contributed by atoms with E-state index in [2.05, 4.69) is 5.32 Å². The summed E-state index contributed by atoms with van der Waals surface area (Å²) in [5, 5.41) is 3.31. The van der Waals surface area contributed by atoms with Gasteiger partial charge in [-0.15, -0.1) is 11.3 Å². The predicted octanol–water partition coefficient (Wildman–Crippen LogP) is 1.49. The molecule has 0 bridgehead atoms. The van der Waals surface area contributed by atoms with Gasteiger partial charge in [0.15, 0.2) is 9.84 Å². The number of hydrogen-bond acceptors (Lipinski definition) is 5. The molecule has 2 amide bonds. The number of carbonyl (C=O) groups excluding carboxylic acids is 2. The maximum Gasteiger partial charge on any atom is 0.251 e. The number of anilines is 1. The van der Waals surface area contributed by atoms with Crippen molar-refractivity contribution < 1.29 is 18.0 Å². The van der Waals surface area contributed by atoms with E-state index in [-0.39, 0.29) is 29.8 Å². The maximum atomic E-state index is 12.2. The first kappa shape index (κ1) is 16.4. The number of sulfone groups is 1. The van der Waals surface area contributed by atoms with Crippen molar-refractivity contribution in [2.45, 2.75) is 38.5 Å². The van der Waals surface area contributed by atoms with E-state index in [4.69, 9.17) is 5.73 Å². The number of aryl methyl sites for hydroxylation is 1. The summed E-state index contributed by atoms with van der Waals surface area (Å²) in [5.41, 5.74) is 6.92. The first-order valence-electron chi connectivity index (χ1n) is 7.80. The number of hydrogen-bond donors (Lipinski definition) is 2. The van der Waals surface area contributed by atoms with Gasteiger partial charge in [-0.25, -0.2) is 8.42 Å². The highest BCUT2D eigenvalue weighted by Crippen LogP contribution is 2.38. The molecule has 1 saturated heterocycles. The molecule has 2 aliphatic rings. The van der Waals surface area contributed by atoms with Gasteiger partial charge in [0.05, 0.1) is 17.1 Å². The van der Waals surface area contributed by atoms with Crippen molar-refractivity contribution in [1.82, 2.24) is 0 Å². The van der Waals surface area contributed by atoms with Crippen LogP contribution >= 0.6 is 11.3 Å². The molecule has 1 atom stereocenters. The SMILES string of the molecule is NC(=O)c1c(NC(=O)C[C@H]2CCS(=O)(=O)C2)sc2c1CCCC2. The topological polar surface area (TPSA) is 106 Å². The fourth-order valence-corrected chi connectivity index (χ4v) is 6.56. The molecule has 0 saturated carbocycles. The molecule has 126 valence electrons. The highest BCUT2D eigenvalue weighted by Gasteiger charge is 2.30. The number of fused-ring (bicyclic) bond motifs is 1. The number of carbonyl (C=O) groups is 2. The van der Waals surface area contributed by atoms with Crippen LogP contribution in [0.3, 0.4) is 0 Å². The highest BCUT2D eigenvalue weighted by molar-refractivity contribution is 7.91. The van der Waals surface area contributed by atoms with Crippen LogP contribution in [0.5, 0.6) is 0 Å². The Bertz CT molecular complexity index is 752. The second-order valence-electron chi connectivity index (χ2n) is 6.30. The number of rotatable bonds is 4. The summed E-state index contributed by atoms with van der Waals surface area (Å²) in [7, 11) is -2.99. The minimum Gasteiger partial charge on any atom is -0.365 e. The number of primary amides is 1. The lowest BCUT2D eigenvalue weighted by molar-refractivity contribution is -0.116. The van der Waals surface area contributed by atoms with Crippen LogP contribution in [0.2, 0.25) is 0 Å². The average molecular weight is 356 g/mol. The van der Waals surface area contributed by atoms with Crippen molar-refractivity contribution in [3.8, 4) is 0 Å². The van der Waals surface area contributed by atoms with Crippen LogP contribution in [-0.2, 0) is 27.5 Å². The Morgan fingerprint density at radius 3 is 2.65 bits per heavy atom. The summed E-state index contributed by atoms with van der Waals surface area (Å²) < 4.78 is 22.9. The lowest BCUT2D eigenvalue weighted by Crippen LogP contribution is -2.20. The molecule has 0 radical (unpaired) electrons. The molecule has 1 fully saturated rings. The number of nitrogens with two attached hydrogens (primary N) is 1. The Hall–Kier alpha value is -1.41. The van der Waals surface area contributed by atoms with Crippen molar-refractivity contribution in [2.75, 3.05) is 16.8 Å². The number of thiophene rings is 1. The Morgan fingerprint density at radius 1 is 1.26 bits per heavy atom. The molecule has 0 aromatic carbocycles. The summed E-state index contributed by atoms with van der Waals surface area (Å²) in [5.74, 6) is -0.655. The van der Waals surface area contributed by atoms with E-state index in [1.807, 2.05) is 0 Å². The third-order valence-electron chi connectivity index (χ3n) is 4.47.